The average Bonchev–Trinajstić information content (AvgIpc) is 2.67. The minimum atomic E-state index is -0.516. The van der Waals surface area contributed by atoms with Crippen molar-refractivity contribution in [3.8, 4) is 11.5 Å². The van der Waals surface area contributed by atoms with Crippen LogP contribution in [0.15, 0.2) is 48.5 Å². The molecule has 0 bridgehead atoms. The number of ether oxygens (including phenoxy) is 2. The molecule has 0 saturated heterocycles. The van der Waals surface area contributed by atoms with E-state index in [4.69, 9.17) is 32.7 Å². The Hall–Kier alpha value is -2.70. The molecule has 0 atom stereocenters. The Kier molecular flexibility index (Phi) is 7.98. The van der Waals surface area contributed by atoms with Crippen molar-refractivity contribution in [2.75, 3.05) is 13.2 Å². The molecule has 0 spiro atoms. The van der Waals surface area contributed by atoms with Gasteiger partial charge in [0.15, 0.2) is 18.1 Å². The molecular formula is C19H18Cl2N2O4. The Morgan fingerprint density at radius 3 is 2.37 bits per heavy atom. The lowest BCUT2D eigenvalue weighted by Crippen LogP contribution is -2.43. The number of hydrogen-bond donors (Lipinski definition) is 2. The summed E-state index contributed by atoms with van der Waals surface area (Å²) < 4.78 is 10.8. The maximum atomic E-state index is 11.8. The van der Waals surface area contributed by atoms with E-state index >= 15 is 0 Å². The molecule has 6 nitrogen and oxygen atoms in total. The quantitative estimate of drug-likeness (QED) is 0.541. The Morgan fingerprint density at radius 1 is 1.00 bits per heavy atom. The smallest absolute Gasteiger partial charge is 0.276 e. The number of benzene rings is 2. The molecule has 2 aromatic rings. The van der Waals surface area contributed by atoms with E-state index in [-0.39, 0.29) is 6.61 Å². The lowest BCUT2D eigenvalue weighted by atomic mass is 10.2. The standard InChI is InChI=1S/C19H18Cl2N2O4/c1-2-26-16-5-3-4-6-17(16)27-12-19(25)23-22-18(24)10-8-13-7-9-14(20)15(21)11-13/h3-11H,2,12H2,1H3,(H,22,24)(H,23,25)/b10-8+. The van der Waals surface area contributed by atoms with Crippen LogP contribution < -0.4 is 20.3 Å². The monoisotopic (exact) mass is 408 g/mol. The topological polar surface area (TPSA) is 76.7 Å². The summed E-state index contributed by atoms with van der Waals surface area (Å²) in [6, 6.07) is 12.0. The minimum Gasteiger partial charge on any atom is -0.490 e. The summed E-state index contributed by atoms with van der Waals surface area (Å²) in [5.74, 6) is -0.0385. The number of hydrogen-bond acceptors (Lipinski definition) is 4. The highest BCUT2D eigenvalue weighted by molar-refractivity contribution is 6.42. The van der Waals surface area contributed by atoms with Gasteiger partial charge in [0.25, 0.3) is 11.8 Å². The van der Waals surface area contributed by atoms with Crippen molar-refractivity contribution in [1.82, 2.24) is 10.9 Å². The fraction of sp³-hybridized carbons (Fsp3) is 0.158. The zero-order chi connectivity index (χ0) is 19.6. The van der Waals surface area contributed by atoms with Gasteiger partial charge in [-0.2, -0.15) is 0 Å². The summed E-state index contributed by atoms with van der Waals surface area (Å²) in [4.78, 5) is 23.6. The molecule has 0 aliphatic carbocycles. The third-order valence-electron chi connectivity index (χ3n) is 3.20. The molecule has 27 heavy (non-hydrogen) atoms. The SMILES string of the molecule is CCOc1ccccc1OCC(=O)NNC(=O)/C=C/c1ccc(Cl)c(Cl)c1. The minimum absolute atomic E-state index is 0.277. The number of para-hydroxylation sites is 2. The molecule has 0 saturated carbocycles. The first-order chi connectivity index (χ1) is 13.0. The van der Waals surface area contributed by atoms with E-state index in [1.54, 1.807) is 48.5 Å². The van der Waals surface area contributed by atoms with Crippen LogP contribution in [-0.2, 0) is 9.59 Å². The molecular weight excluding hydrogens is 391 g/mol. The van der Waals surface area contributed by atoms with Gasteiger partial charge in [0.1, 0.15) is 0 Å². The number of rotatable bonds is 7. The second-order valence-corrected chi connectivity index (χ2v) is 6.03. The van der Waals surface area contributed by atoms with Gasteiger partial charge in [-0.3, -0.25) is 20.4 Å². The van der Waals surface area contributed by atoms with Crippen molar-refractivity contribution in [2.24, 2.45) is 0 Å². The summed E-state index contributed by atoms with van der Waals surface area (Å²) in [6.45, 7) is 2.05. The molecule has 2 rings (SSSR count). The predicted molar refractivity (Wildman–Crippen MR) is 105 cm³/mol. The van der Waals surface area contributed by atoms with Gasteiger partial charge in [-0.25, -0.2) is 0 Å². The first-order valence-corrected chi connectivity index (χ1v) is 8.81. The first-order valence-electron chi connectivity index (χ1n) is 8.06. The Morgan fingerprint density at radius 2 is 1.70 bits per heavy atom. The molecule has 0 aliphatic heterocycles. The molecule has 2 amide bonds. The maximum Gasteiger partial charge on any atom is 0.276 e. The molecule has 0 radical (unpaired) electrons. The second kappa shape index (κ2) is 10.4. The van der Waals surface area contributed by atoms with Crippen molar-refractivity contribution in [3.05, 3.63) is 64.1 Å². The van der Waals surface area contributed by atoms with Crippen LogP contribution in [0.25, 0.3) is 6.08 Å². The van der Waals surface area contributed by atoms with Crippen LogP contribution in [0.5, 0.6) is 11.5 Å². The highest BCUT2D eigenvalue weighted by atomic mass is 35.5. The van der Waals surface area contributed by atoms with E-state index in [9.17, 15) is 9.59 Å². The lowest BCUT2D eigenvalue weighted by molar-refractivity contribution is -0.128. The molecule has 142 valence electrons. The van der Waals surface area contributed by atoms with Gasteiger partial charge in [-0.05, 0) is 42.8 Å². The van der Waals surface area contributed by atoms with Crippen LogP contribution in [0.2, 0.25) is 10.0 Å². The number of hydrazine groups is 1. The van der Waals surface area contributed by atoms with E-state index in [1.807, 2.05) is 6.92 Å². The second-order valence-electron chi connectivity index (χ2n) is 5.21. The molecule has 0 heterocycles. The van der Waals surface area contributed by atoms with Crippen LogP contribution in [-0.4, -0.2) is 25.0 Å². The Bertz CT molecular complexity index is 840. The molecule has 2 N–H and O–H groups in total. The summed E-state index contributed by atoms with van der Waals surface area (Å²) in [6.07, 6.45) is 2.80. The van der Waals surface area contributed by atoms with Crippen molar-refractivity contribution < 1.29 is 19.1 Å². The van der Waals surface area contributed by atoms with Crippen molar-refractivity contribution in [1.29, 1.82) is 0 Å². The Labute approximate surface area is 167 Å². The number of nitrogens with one attached hydrogen (secondary N) is 2. The van der Waals surface area contributed by atoms with Crippen molar-refractivity contribution in [3.63, 3.8) is 0 Å². The zero-order valence-electron chi connectivity index (χ0n) is 14.5. The van der Waals surface area contributed by atoms with Gasteiger partial charge in [0, 0.05) is 6.08 Å². The number of carbonyl (C=O) groups excluding carboxylic acids is 2. The van der Waals surface area contributed by atoms with E-state index in [0.29, 0.717) is 33.7 Å². The van der Waals surface area contributed by atoms with Gasteiger partial charge in [-0.15, -0.1) is 0 Å². The highest BCUT2D eigenvalue weighted by Gasteiger charge is 2.07. The van der Waals surface area contributed by atoms with Gasteiger partial charge in [-0.1, -0.05) is 41.4 Å². The van der Waals surface area contributed by atoms with Gasteiger partial charge < -0.3 is 9.47 Å². The summed E-state index contributed by atoms with van der Waals surface area (Å²) in [7, 11) is 0. The molecule has 2 aromatic carbocycles. The van der Waals surface area contributed by atoms with E-state index in [0.717, 1.165) is 0 Å². The number of carbonyl (C=O) groups is 2. The summed E-state index contributed by atoms with van der Waals surface area (Å²) in [5.41, 5.74) is 5.21. The average molecular weight is 409 g/mol. The number of halogens is 2. The third-order valence-corrected chi connectivity index (χ3v) is 3.94. The largest absolute Gasteiger partial charge is 0.490 e. The van der Waals surface area contributed by atoms with Crippen LogP contribution in [0.4, 0.5) is 0 Å². The molecule has 0 aliphatic rings. The van der Waals surface area contributed by atoms with Crippen LogP contribution in [0, 0.1) is 0 Å². The fourth-order valence-corrected chi connectivity index (χ4v) is 2.29. The van der Waals surface area contributed by atoms with Crippen LogP contribution >= 0.6 is 23.2 Å². The van der Waals surface area contributed by atoms with Gasteiger partial charge in [0.2, 0.25) is 0 Å². The molecule has 0 aromatic heterocycles. The van der Waals surface area contributed by atoms with Crippen LogP contribution in [0.1, 0.15) is 12.5 Å². The van der Waals surface area contributed by atoms with Gasteiger partial charge >= 0.3 is 0 Å². The normalized spacial score (nSPS) is 10.5. The first kappa shape index (κ1) is 20.6. The highest BCUT2D eigenvalue weighted by Crippen LogP contribution is 2.26. The maximum absolute atomic E-state index is 11.8. The van der Waals surface area contributed by atoms with Gasteiger partial charge in [0.05, 0.1) is 16.7 Å². The van der Waals surface area contributed by atoms with E-state index in [2.05, 4.69) is 10.9 Å². The van der Waals surface area contributed by atoms with Crippen LogP contribution in [0.3, 0.4) is 0 Å². The predicted octanol–water partition coefficient (Wildman–Crippen LogP) is 3.63. The Balaban J connectivity index is 1.78. The summed E-state index contributed by atoms with van der Waals surface area (Å²) in [5, 5.41) is 0.813. The van der Waals surface area contributed by atoms with E-state index < -0.39 is 11.8 Å². The lowest BCUT2D eigenvalue weighted by Gasteiger charge is -2.11. The van der Waals surface area contributed by atoms with E-state index in [1.165, 1.54) is 6.08 Å². The fourth-order valence-electron chi connectivity index (χ4n) is 1.98. The zero-order valence-corrected chi connectivity index (χ0v) is 16.0. The van der Waals surface area contributed by atoms with Crippen molar-refractivity contribution in [2.45, 2.75) is 6.92 Å². The molecule has 8 heteroatoms. The molecule has 0 unspecified atom stereocenters. The third kappa shape index (κ3) is 6.84. The number of amides is 2. The summed E-state index contributed by atoms with van der Waals surface area (Å²) >= 11 is 11.7. The molecule has 0 fully saturated rings. The van der Waals surface area contributed by atoms with Crippen molar-refractivity contribution >= 4 is 41.1 Å².